The molecule has 24 heavy (non-hydrogen) atoms. The molecule has 0 aromatic heterocycles. The van der Waals surface area contributed by atoms with Crippen molar-refractivity contribution in [3.8, 4) is 0 Å². The molecule has 0 heterocycles. The molecule has 0 aromatic carbocycles. The smallest absolute Gasteiger partial charge is 0.241 e. The summed E-state index contributed by atoms with van der Waals surface area (Å²) in [4.78, 5) is 12.7. The van der Waals surface area contributed by atoms with E-state index in [4.69, 9.17) is 10.5 Å². The zero-order chi connectivity index (χ0) is 17.1. The van der Waals surface area contributed by atoms with Gasteiger partial charge < -0.3 is 15.8 Å². The summed E-state index contributed by atoms with van der Waals surface area (Å²) in [6.07, 6.45) is 9.38. The molecular formula is C19H37ClN2O2. The van der Waals surface area contributed by atoms with Gasteiger partial charge in [-0.15, -0.1) is 12.4 Å². The minimum absolute atomic E-state index is 0. The maximum atomic E-state index is 12.7. The fourth-order valence-corrected chi connectivity index (χ4v) is 4.22. The number of nitrogens with two attached hydrogens (primary N) is 1. The van der Waals surface area contributed by atoms with Crippen LogP contribution in [0.15, 0.2) is 0 Å². The van der Waals surface area contributed by atoms with Gasteiger partial charge in [0.05, 0.1) is 6.10 Å². The number of rotatable bonds is 7. The summed E-state index contributed by atoms with van der Waals surface area (Å²) in [5.41, 5.74) is 5.38. The average molecular weight is 361 g/mol. The van der Waals surface area contributed by atoms with Crippen LogP contribution in [-0.2, 0) is 9.53 Å². The molecule has 2 aliphatic rings. The molecule has 2 rings (SSSR count). The van der Waals surface area contributed by atoms with Gasteiger partial charge in [-0.25, -0.2) is 0 Å². The maximum absolute atomic E-state index is 12.7. The van der Waals surface area contributed by atoms with E-state index >= 15 is 0 Å². The highest BCUT2D eigenvalue weighted by Gasteiger charge is 2.63. The van der Waals surface area contributed by atoms with Gasteiger partial charge in [0, 0.05) is 24.5 Å². The second kappa shape index (κ2) is 8.86. The molecule has 0 saturated heterocycles. The molecule has 2 unspecified atom stereocenters. The van der Waals surface area contributed by atoms with Gasteiger partial charge >= 0.3 is 0 Å². The Bertz CT molecular complexity index is 408. The van der Waals surface area contributed by atoms with Gasteiger partial charge in [0.1, 0.15) is 5.54 Å². The molecule has 2 atom stereocenters. The zero-order valence-corrected chi connectivity index (χ0v) is 16.7. The van der Waals surface area contributed by atoms with Crippen molar-refractivity contribution < 1.29 is 9.53 Å². The van der Waals surface area contributed by atoms with Crippen LogP contribution in [0.2, 0.25) is 0 Å². The zero-order valence-electron chi connectivity index (χ0n) is 15.9. The van der Waals surface area contributed by atoms with Crippen LogP contribution in [0.3, 0.4) is 0 Å². The van der Waals surface area contributed by atoms with Crippen LogP contribution in [0.1, 0.15) is 79.1 Å². The van der Waals surface area contributed by atoms with Crippen LogP contribution < -0.4 is 11.1 Å². The number of amides is 1. The molecule has 2 aliphatic carbocycles. The summed E-state index contributed by atoms with van der Waals surface area (Å²) in [6.45, 7) is 9.02. The summed E-state index contributed by atoms with van der Waals surface area (Å²) in [7, 11) is 0. The molecule has 2 saturated carbocycles. The van der Waals surface area contributed by atoms with Crippen molar-refractivity contribution in [1.29, 1.82) is 0 Å². The predicted octanol–water partition coefficient (Wildman–Crippen LogP) is 3.81. The first kappa shape index (κ1) is 21.7. The summed E-state index contributed by atoms with van der Waals surface area (Å²) >= 11 is 0. The third kappa shape index (κ3) is 4.25. The molecule has 4 nitrogen and oxygen atoms in total. The Balaban J connectivity index is 0.00000288. The minimum Gasteiger partial charge on any atom is -0.378 e. The van der Waals surface area contributed by atoms with Crippen LogP contribution in [0.5, 0.6) is 0 Å². The van der Waals surface area contributed by atoms with E-state index in [2.05, 4.69) is 26.1 Å². The topological polar surface area (TPSA) is 64.4 Å². The summed E-state index contributed by atoms with van der Waals surface area (Å²) < 4.78 is 5.72. The Hall–Kier alpha value is -0.320. The van der Waals surface area contributed by atoms with Gasteiger partial charge in [0.2, 0.25) is 5.91 Å². The molecule has 2 fully saturated rings. The normalized spacial score (nSPS) is 34.8. The van der Waals surface area contributed by atoms with E-state index in [1.54, 1.807) is 0 Å². The van der Waals surface area contributed by atoms with Gasteiger partial charge in [-0.1, -0.05) is 40.0 Å². The summed E-state index contributed by atoms with van der Waals surface area (Å²) in [5, 5.41) is 3.24. The van der Waals surface area contributed by atoms with Gasteiger partial charge in [-0.3, -0.25) is 4.79 Å². The van der Waals surface area contributed by atoms with Crippen LogP contribution in [0.25, 0.3) is 0 Å². The number of carbonyl (C=O) groups is 1. The lowest BCUT2D eigenvalue weighted by atomic mass is 9.54. The highest BCUT2D eigenvalue weighted by molar-refractivity contribution is 5.89. The molecule has 0 bridgehead atoms. The first-order valence-electron chi connectivity index (χ1n) is 9.56. The minimum atomic E-state index is -0.786. The average Bonchev–Trinajstić information content (AvgIpc) is 2.53. The largest absolute Gasteiger partial charge is 0.378 e. The van der Waals surface area contributed by atoms with Crippen molar-refractivity contribution in [1.82, 2.24) is 5.32 Å². The Labute approximate surface area is 154 Å². The van der Waals surface area contributed by atoms with Crippen molar-refractivity contribution in [2.45, 2.75) is 96.7 Å². The highest BCUT2D eigenvalue weighted by atomic mass is 35.5. The van der Waals surface area contributed by atoms with Crippen molar-refractivity contribution in [3.63, 3.8) is 0 Å². The Morgan fingerprint density at radius 1 is 1.21 bits per heavy atom. The summed E-state index contributed by atoms with van der Waals surface area (Å²) in [6, 6.07) is 0.308. The fourth-order valence-electron chi connectivity index (χ4n) is 4.22. The number of halogens is 1. The van der Waals surface area contributed by atoms with Crippen LogP contribution >= 0.6 is 12.4 Å². The number of ether oxygens (including phenoxy) is 1. The Kier molecular flexibility index (Phi) is 8.02. The first-order valence-corrected chi connectivity index (χ1v) is 9.56. The van der Waals surface area contributed by atoms with Crippen molar-refractivity contribution in [3.05, 3.63) is 0 Å². The van der Waals surface area contributed by atoms with Crippen LogP contribution in [0.4, 0.5) is 0 Å². The number of carbonyl (C=O) groups excluding carboxylic acids is 1. The molecule has 1 amide bonds. The molecule has 0 aliphatic heterocycles. The van der Waals surface area contributed by atoms with Gasteiger partial charge in [0.25, 0.3) is 0 Å². The molecule has 0 aromatic rings. The van der Waals surface area contributed by atoms with Crippen LogP contribution in [-0.4, -0.2) is 30.2 Å². The van der Waals surface area contributed by atoms with Crippen molar-refractivity contribution in [2.24, 2.45) is 17.1 Å². The first-order chi connectivity index (χ1) is 10.8. The molecule has 0 radical (unpaired) electrons. The second-order valence-electron chi connectivity index (χ2n) is 8.17. The molecular weight excluding hydrogens is 324 g/mol. The fraction of sp³-hybridized carbons (Fsp3) is 0.947. The van der Waals surface area contributed by atoms with E-state index in [1.165, 1.54) is 32.1 Å². The highest BCUT2D eigenvalue weighted by Crippen LogP contribution is 2.50. The van der Waals surface area contributed by atoms with Gasteiger partial charge in [-0.2, -0.15) is 0 Å². The monoisotopic (exact) mass is 360 g/mol. The third-order valence-electron chi connectivity index (χ3n) is 6.38. The standard InChI is InChI=1S/C19H36N2O2.ClH/c1-5-7-8-14-9-11-15(12-10-14)21-17(22)19(20)13-16(23-6-2)18(19,3)4;/h14-16H,5-13,20H2,1-4H3,(H,21,22);1H. The molecule has 142 valence electrons. The molecule has 3 N–H and O–H groups in total. The lowest BCUT2D eigenvalue weighted by Crippen LogP contribution is -2.76. The Morgan fingerprint density at radius 2 is 1.83 bits per heavy atom. The van der Waals surface area contributed by atoms with Crippen molar-refractivity contribution in [2.75, 3.05) is 6.61 Å². The molecule has 5 heteroatoms. The van der Waals surface area contributed by atoms with Gasteiger partial charge in [-0.05, 0) is 38.5 Å². The van der Waals surface area contributed by atoms with E-state index in [0.29, 0.717) is 19.1 Å². The second-order valence-corrected chi connectivity index (χ2v) is 8.17. The number of hydrogen-bond donors (Lipinski definition) is 2. The lowest BCUT2D eigenvalue weighted by Gasteiger charge is -2.57. The van der Waals surface area contributed by atoms with Crippen LogP contribution in [0, 0.1) is 11.3 Å². The maximum Gasteiger partial charge on any atom is 0.241 e. The number of unbranched alkanes of at least 4 members (excludes halogenated alkanes) is 1. The number of hydrogen-bond acceptors (Lipinski definition) is 3. The predicted molar refractivity (Wildman–Crippen MR) is 101 cm³/mol. The lowest BCUT2D eigenvalue weighted by molar-refractivity contribution is -0.171. The molecule has 0 spiro atoms. The van der Waals surface area contributed by atoms with E-state index < -0.39 is 5.54 Å². The van der Waals surface area contributed by atoms with Gasteiger partial charge in [0.15, 0.2) is 0 Å². The van der Waals surface area contributed by atoms with E-state index in [9.17, 15) is 4.79 Å². The third-order valence-corrected chi connectivity index (χ3v) is 6.38. The van der Waals surface area contributed by atoms with E-state index in [1.807, 2.05) is 6.92 Å². The van der Waals surface area contributed by atoms with E-state index in [0.717, 1.165) is 18.8 Å². The summed E-state index contributed by atoms with van der Waals surface area (Å²) in [5.74, 6) is 0.882. The quantitative estimate of drug-likeness (QED) is 0.725. The van der Waals surface area contributed by atoms with Crippen molar-refractivity contribution >= 4 is 18.3 Å². The van der Waals surface area contributed by atoms with E-state index in [-0.39, 0.29) is 29.8 Å². The Morgan fingerprint density at radius 3 is 2.33 bits per heavy atom. The number of nitrogens with one attached hydrogen (secondary N) is 1. The SMILES string of the molecule is CCCCC1CCC(NC(=O)C2(N)CC(OCC)C2(C)C)CC1.Cl.